The van der Waals surface area contributed by atoms with E-state index in [2.05, 4.69) is 21.3 Å². The molecule has 0 aromatic heterocycles. The minimum atomic E-state index is -1.28. The highest BCUT2D eigenvalue weighted by molar-refractivity contribution is 5.91. The number of amides is 2. The average Bonchev–Trinajstić information content (AvgIpc) is 3.10. The lowest BCUT2D eigenvalue weighted by Crippen LogP contribution is -2.56. The molecule has 7 nitrogen and oxygen atoms in total. The van der Waals surface area contributed by atoms with Gasteiger partial charge in [-0.3, -0.25) is 4.79 Å². The third kappa shape index (κ3) is 4.75. The molecule has 7 heteroatoms. The van der Waals surface area contributed by atoms with Crippen LogP contribution < -0.4 is 10.6 Å². The van der Waals surface area contributed by atoms with Gasteiger partial charge in [0.05, 0.1) is 7.11 Å². The monoisotopic (exact) mass is 434 g/mol. The molecule has 1 aliphatic carbocycles. The Morgan fingerprint density at radius 3 is 2.16 bits per heavy atom. The second kappa shape index (κ2) is 9.56. The number of carbonyl (C=O) groups is 3. The van der Waals surface area contributed by atoms with E-state index in [1.807, 2.05) is 48.5 Å². The molecule has 2 amide bonds. The molecule has 2 N–H and O–H groups in total. The third-order valence-electron chi connectivity index (χ3n) is 5.41. The van der Waals surface area contributed by atoms with Crippen LogP contribution in [-0.4, -0.2) is 43.3 Å². The number of rotatable bonds is 7. The molecule has 0 heterocycles. The van der Waals surface area contributed by atoms with Crippen LogP contribution in [0.4, 0.5) is 4.79 Å². The molecule has 0 aliphatic heterocycles. The van der Waals surface area contributed by atoms with Gasteiger partial charge in [0.2, 0.25) is 5.91 Å². The Balaban J connectivity index is 1.66. The molecule has 2 aromatic rings. The fourth-order valence-electron chi connectivity index (χ4n) is 3.81. The smallest absolute Gasteiger partial charge is 0.407 e. The molecule has 166 valence electrons. The molecule has 1 aliphatic rings. The lowest BCUT2D eigenvalue weighted by molar-refractivity contribution is -0.149. The quantitative estimate of drug-likeness (QED) is 0.516. The number of nitrogens with one attached hydrogen (secondary N) is 2. The minimum Gasteiger partial charge on any atom is -0.467 e. The van der Waals surface area contributed by atoms with Crippen molar-refractivity contribution in [3.05, 3.63) is 59.7 Å². The normalized spacial score (nSPS) is 13.2. The summed E-state index contributed by atoms with van der Waals surface area (Å²) in [4.78, 5) is 36.9. The summed E-state index contributed by atoms with van der Waals surface area (Å²) in [6.07, 6.45) is 4.53. The zero-order chi connectivity index (χ0) is 23.3. The number of hydrogen-bond acceptors (Lipinski definition) is 5. The summed E-state index contributed by atoms with van der Waals surface area (Å²) in [6, 6.07) is 14.9. The van der Waals surface area contributed by atoms with Crippen molar-refractivity contribution in [2.75, 3.05) is 13.7 Å². The maximum atomic E-state index is 12.6. The Labute approximate surface area is 187 Å². The summed E-state index contributed by atoms with van der Waals surface area (Å²) < 4.78 is 10.2. The summed E-state index contributed by atoms with van der Waals surface area (Å²) in [6.45, 7) is 3.10. The van der Waals surface area contributed by atoms with Gasteiger partial charge in [-0.05, 0) is 36.1 Å². The van der Waals surface area contributed by atoms with E-state index in [4.69, 9.17) is 11.2 Å². The van der Waals surface area contributed by atoms with Crippen LogP contribution in [0.2, 0.25) is 0 Å². The van der Waals surface area contributed by atoms with Gasteiger partial charge in [-0.2, -0.15) is 0 Å². The zero-order valence-electron chi connectivity index (χ0n) is 18.3. The first kappa shape index (κ1) is 22.9. The van der Waals surface area contributed by atoms with E-state index in [0.29, 0.717) is 0 Å². The molecule has 0 saturated heterocycles. The van der Waals surface area contributed by atoms with Crippen molar-refractivity contribution in [2.45, 2.75) is 37.8 Å². The molecule has 3 rings (SSSR count). The van der Waals surface area contributed by atoms with E-state index >= 15 is 0 Å². The topological polar surface area (TPSA) is 93.7 Å². The van der Waals surface area contributed by atoms with Crippen molar-refractivity contribution in [3.8, 4) is 23.5 Å². The predicted octanol–water partition coefficient (Wildman–Crippen LogP) is 2.98. The molecular weight excluding hydrogens is 408 g/mol. The van der Waals surface area contributed by atoms with Gasteiger partial charge in [-0.15, -0.1) is 12.3 Å². The van der Waals surface area contributed by atoms with Gasteiger partial charge in [0.15, 0.2) is 0 Å². The highest BCUT2D eigenvalue weighted by atomic mass is 16.5. The van der Waals surface area contributed by atoms with E-state index in [1.165, 1.54) is 21.0 Å². The minimum absolute atomic E-state index is 0.0622. The van der Waals surface area contributed by atoms with Gasteiger partial charge in [0.25, 0.3) is 0 Å². The SMILES string of the molecule is C#CC[C@H](NC(=O)OCC1c2ccccc2-c2ccccc21)C(=O)NC(C)(C)C(=O)OC. The number of fused-ring (bicyclic) bond motifs is 3. The molecule has 32 heavy (non-hydrogen) atoms. The van der Waals surface area contributed by atoms with Crippen LogP contribution in [0.25, 0.3) is 11.1 Å². The van der Waals surface area contributed by atoms with Crippen LogP contribution >= 0.6 is 0 Å². The van der Waals surface area contributed by atoms with Gasteiger partial charge < -0.3 is 20.1 Å². The molecule has 0 fully saturated rings. The number of terminal acetylenes is 1. The predicted molar refractivity (Wildman–Crippen MR) is 120 cm³/mol. The number of ether oxygens (including phenoxy) is 2. The van der Waals surface area contributed by atoms with Gasteiger partial charge in [-0.1, -0.05) is 48.5 Å². The molecule has 0 saturated carbocycles. The first-order chi connectivity index (χ1) is 15.3. The number of benzene rings is 2. The van der Waals surface area contributed by atoms with Crippen LogP contribution in [0, 0.1) is 12.3 Å². The first-order valence-corrected chi connectivity index (χ1v) is 10.2. The van der Waals surface area contributed by atoms with Gasteiger partial charge >= 0.3 is 12.1 Å². The molecule has 1 atom stereocenters. The maximum absolute atomic E-state index is 12.6. The number of hydrogen-bond donors (Lipinski definition) is 2. The Kier molecular flexibility index (Phi) is 6.84. The van der Waals surface area contributed by atoms with Gasteiger partial charge in [0.1, 0.15) is 18.2 Å². The number of carbonyl (C=O) groups excluding carboxylic acids is 3. The van der Waals surface area contributed by atoms with Crippen LogP contribution in [-0.2, 0) is 19.1 Å². The highest BCUT2D eigenvalue weighted by Gasteiger charge is 2.34. The second-order valence-electron chi connectivity index (χ2n) is 8.04. The lowest BCUT2D eigenvalue weighted by atomic mass is 9.98. The van der Waals surface area contributed by atoms with Crippen LogP contribution in [0.5, 0.6) is 0 Å². The largest absolute Gasteiger partial charge is 0.467 e. The summed E-state index contributed by atoms with van der Waals surface area (Å²) in [7, 11) is 1.23. The molecule has 0 radical (unpaired) electrons. The molecule has 0 spiro atoms. The van der Waals surface area contributed by atoms with E-state index < -0.39 is 29.6 Å². The van der Waals surface area contributed by atoms with E-state index in [9.17, 15) is 14.4 Å². The lowest BCUT2D eigenvalue weighted by Gasteiger charge is -2.26. The van der Waals surface area contributed by atoms with E-state index in [-0.39, 0.29) is 18.9 Å². The van der Waals surface area contributed by atoms with Gasteiger partial charge in [-0.25, -0.2) is 9.59 Å². The summed E-state index contributed by atoms with van der Waals surface area (Å²) in [5, 5.41) is 5.04. The van der Waals surface area contributed by atoms with Gasteiger partial charge in [0, 0.05) is 12.3 Å². The highest BCUT2D eigenvalue weighted by Crippen LogP contribution is 2.44. The van der Waals surface area contributed by atoms with Crippen molar-refractivity contribution in [1.29, 1.82) is 0 Å². The van der Waals surface area contributed by atoms with Crippen molar-refractivity contribution in [2.24, 2.45) is 0 Å². The zero-order valence-corrected chi connectivity index (χ0v) is 18.3. The summed E-state index contributed by atoms with van der Waals surface area (Å²) in [5.41, 5.74) is 3.12. The number of methoxy groups -OCH3 is 1. The van der Waals surface area contributed by atoms with Crippen LogP contribution in [0.3, 0.4) is 0 Å². The third-order valence-corrected chi connectivity index (χ3v) is 5.41. The second-order valence-corrected chi connectivity index (χ2v) is 8.04. The number of alkyl carbamates (subject to hydrolysis) is 1. The Hall–Kier alpha value is -3.79. The Morgan fingerprint density at radius 1 is 1.06 bits per heavy atom. The first-order valence-electron chi connectivity index (χ1n) is 10.2. The fraction of sp³-hybridized carbons (Fsp3) is 0.320. The van der Waals surface area contributed by atoms with Crippen molar-refractivity contribution in [3.63, 3.8) is 0 Å². The maximum Gasteiger partial charge on any atom is 0.407 e. The van der Waals surface area contributed by atoms with E-state index in [1.54, 1.807) is 0 Å². The van der Waals surface area contributed by atoms with Crippen molar-refractivity contribution >= 4 is 18.0 Å². The molecule has 2 aromatic carbocycles. The summed E-state index contributed by atoms with van der Waals surface area (Å²) >= 11 is 0. The Morgan fingerprint density at radius 2 is 1.62 bits per heavy atom. The molecular formula is C25H26N2O5. The Bertz CT molecular complexity index is 1020. The number of esters is 1. The summed E-state index contributed by atoms with van der Waals surface area (Å²) in [5.74, 6) is 1.03. The standard InChI is InChI=1S/C25H26N2O5/c1-5-10-21(22(28)27-25(2,3)23(29)31-4)26-24(30)32-15-20-18-13-8-6-11-16(18)17-12-7-9-14-19(17)20/h1,6-9,11-14,20-21H,10,15H2,2-4H3,(H,26,30)(H,27,28)/t21-/m0/s1. The van der Waals surface area contributed by atoms with E-state index in [0.717, 1.165) is 22.3 Å². The fourth-order valence-corrected chi connectivity index (χ4v) is 3.81. The van der Waals surface area contributed by atoms with Crippen LogP contribution in [0.15, 0.2) is 48.5 Å². The molecule has 0 unspecified atom stereocenters. The van der Waals surface area contributed by atoms with Crippen molar-refractivity contribution < 1.29 is 23.9 Å². The van der Waals surface area contributed by atoms with Crippen molar-refractivity contribution in [1.82, 2.24) is 10.6 Å². The van der Waals surface area contributed by atoms with Crippen LogP contribution in [0.1, 0.15) is 37.3 Å². The molecule has 0 bridgehead atoms. The average molecular weight is 434 g/mol.